The molecule has 1 fully saturated rings. The van der Waals surface area contributed by atoms with Crippen LogP contribution in [0.4, 0.5) is 25.0 Å². The number of pyridine rings is 1. The van der Waals surface area contributed by atoms with Gasteiger partial charge in [-0.15, -0.1) is 10.2 Å². The molecule has 0 radical (unpaired) electrons. The Bertz CT molecular complexity index is 1620. The fourth-order valence-corrected chi connectivity index (χ4v) is 4.83. The van der Waals surface area contributed by atoms with E-state index >= 15 is 0 Å². The molecule has 0 bridgehead atoms. The van der Waals surface area contributed by atoms with Gasteiger partial charge in [0.25, 0.3) is 5.88 Å². The van der Waals surface area contributed by atoms with E-state index in [4.69, 9.17) is 31.5 Å². The number of nitrogen functional groups attached to an aromatic ring is 1. The second-order valence-electron chi connectivity index (χ2n) is 9.74. The molecule has 0 aliphatic heterocycles. The molecule has 0 saturated heterocycles. The lowest BCUT2D eigenvalue weighted by atomic mass is 9.89. The Labute approximate surface area is 249 Å². The lowest BCUT2D eigenvalue weighted by Gasteiger charge is -2.36. The number of benzene rings is 1. The highest BCUT2D eigenvalue weighted by Gasteiger charge is 2.34. The van der Waals surface area contributed by atoms with Gasteiger partial charge in [0.1, 0.15) is 28.5 Å². The number of hydrogen-bond donors (Lipinski definition) is 2. The first-order chi connectivity index (χ1) is 20.7. The molecule has 4 aromatic rings. The number of amides is 1. The number of nitrogens with zero attached hydrogens (tertiary/aromatic N) is 6. The summed E-state index contributed by atoms with van der Waals surface area (Å²) in [4.78, 5) is 24.0. The molecular formula is C27H29ClF2N8O5. The van der Waals surface area contributed by atoms with Crippen LogP contribution in [0.15, 0.2) is 36.7 Å². The largest absolute Gasteiger partial charge is 0.497 e. The molecule has 1 saturated carbocycles. The summed E-state index contributed by atoms with van der Waals surface area (Å²) in [5, 5.41) is 10.5. The zero-order chi connectivity index (χ0) is 30.7. The molecule has 0 unspecified atom stereocenters. The first kappa shape index (κ1) is 30.0. The third kappa shape index (κ3) is 6.62. The molecule has 3 aromatic heterocycles. The Balaban J connectivity index is 1.25. The fraction of sp³-hybridized carbons (Fsp3) is 0.370. The van der Waals surface area contributed by atoms with Crippen molar-refractivity contribution in [1.82, 2.24) is 30.0 Å². The van der Waals surface area contributed by atoms with Crippen molar-refractivity contribution in [2.75, 3.05) is 31.9 Å². The van der Waals surface area contributed by atoms with Crippen molar-refractivity contribution >= 4 is 40.2 Å². The predicted octanol–water partition coefficient (Wildman–Crippen LogP) is 4.02. The highest BCUT2D eigenvalue weighted by Crippen LogP contribution is 2.32. The lowest BCUT2D eigenvalue weighted by Crippen LogP contribution is -2.52. The molecule has 0 spiro atoms. The van der Waals surface area contributed by atoms with E-state index in [2.05, 4.69) is 30.2 Å². The summed E-state index contributed by atoms with van der Waals surface area (Å²) in [6.45, 7) is -2.59. The molecule has 5 rings (SSSR count). The lowest BCUT2D eigenvalue weighted by molar-refractivity contribution is -0.0532. The number of nitrogens with one attached hydrogen (secondary N) is 1. The van der Waals surface area contributed by atoms with E-state index in [1.807, 2.05) is 24.1 Å². The molecule has 3 heterocycles. The maximum atomic E-state index is 13.3. The fourth-order valence-electron chi connectivity index (χ4n) is 4.65. The predicted molar refractivity (Wildman–Crippen MR) is 153 cm³/mol. The number of rotatable bonds is 11. The van der Waals surface area contributed by atoms with Crippen LogP contribution < -0.4 is 30.2 Å². The summed E-state index contributed by atoms with van der Waals surface area (Å²) in [5.74, 6) is 0.887. The third-order valence-corrected chi connectivity index (χ3v) is 7.18. The molecule has 13 nitrogen and oxygen atoms in total. The van der Waals surface area contributed by atoms with Gasteiger partial charge in [0, 0.05) is 31.3 Å². The monoisotopic (exact) mass is 618 g/mol. The van der Waals surface area contributed by atoms with E-state index in [1.54, 1.807) is 26.4 Å². The minimum absolute atomic E-state index is 0.0169. The summed E-state index contributed by atoms with van der Waals surface area (Å²) in [6.07, 6.45) is 2.46. The Kier molecular flexibility index (Phi) is 8.92. The van der Waals surface area contributed by atoms with Crippen molar-refractivity contribution in [2.45, 2.75) is 44.8 Å². The van der Waals surface area contributed by atoms with Crippen LogP contribution >= 0.6 is 11.6 Å². The molecule has 1 aliphatic carbocycles. The summed E-state index contributed by atoms with van der Waals surface area (Å²) in [7, 11) is 5.06. The van der Waals surface area contributed by atoms with Gasteiger partial charge in [-0.2, -0.15) is 8.78 Å². The number of hydrogen-bond acceptors (Lipinski definition) is 11. The maximum Gasteiger partial charge on any atom is 0.388 e. The average molecular weight is 619 g/mol. The number of alkyl halides is 2. The summed E-state index contributed by atoms with van der Waals surface area (Å²) in [6, 6.07) is 7.87. The molecule has 1 aromatic carbocycles. The van der Waals surface area contributed by atoms with Crippen LogP contribution in [0.1, 0.15) is 24.1 Å². The van der Waals surface area contributed by atoms with E-state index in [9.17, 15) is 13.6 Å². The van der Waals surface area contributed by atoms with Gasteiger partial charge in [-0.25, -0.2) is 19.3 Å². The molecule has 2 atom stereocenters. The van der Waals surface area contributed by atoms with Crippen LogP contribution in [-0.4, -0.2) is 70.8 Å². The average Bonchev–Trinajstić information content (AvgIpc) is 3.40. The van der Waals surface area contributed by atoms with Crippen molar-refractivity contribution in [2.24, 2.45) is 0 Å². The van der Waals surface area contributed by atoms with Crippen molar-refractivity contribution in [3.63, 3.8) is 0 Å². The molecule has 16 heteroatoms. The Morgan fingerprint density at radius 3 is 2.70 bits per heavy atom. The number of nitrogens with two attached hydrogens (primary N) is 1. The number of methoxy groups -OCH3 is 2. The third-order valence-electron chi connectivity index (χ3n) is 6.99. The van der Waals surface area contributed by atoms with Gasteiger partial charge in [-0.3, -0.25) is 0 Å². The molecular weight excluding hydrogens is 590 g/mol. The minimum Gasteiger partial charge on any atom is -0.497 e. The second-order valence-corrected chi connectivity index (χ2v) is 10.1. The van der Waals surface area contributed by atoms with Crippen LogP contribution in [0, 0.1) is 0 Å². The van der Waals surface area contributed by atoms with Gasteiger partial charge in [-0.1, -0.05) is 11.6 Å². The standard InChI is InChI=1S/C27H29ClF2N8O5/c1-37(11-14-4-5-16(40-2)9-21(14)41-3)19-10-22(28)34-24-23(19)32-13-38(24)27(39)33-18-6-7-20(18)42-12-15-8-17(31)25(36-35-15)43-26(29)30/h4-5,8-10,13,18,20,26H,6-7,11-12H2,1-3H3,(H2,31,35)(H,33,39)/t18-,20-/m1/s1. The number of fused-ring (bicyclic) bond motifs is 1. The van der Waals surface area contributed by atoms with E-state index in [0.29, 0.717) is 53.4 Å². The highest BCUT2D eigenvalue weighted by atomic mass is 35.5. The molecule has 3 N–H and O–H groups in total. The van der Waals surface area contributed by atoms with Crippen molar-refractivity contribution < 1.29 is 32.5 Å². The van der Waals surface area contributed by atoms with Crippen LogP contribution in [0.3, 0.4) is 0 Å². The van der Waals surface area contributed by atoms with Gasteiger partial charge in [-0.05, 0) is 31.0 Å². The first-order valence-electron chi connectivity index (χ1n) is 13.1. The number of anilines is 2. The number of aromatic nitrogens is 5. The topological polar surface area (TPSA) is 152 Å². The van der Waals surface area contributed by atoms with E-state index in [-0.39, 0.29) is 29.6 Å². The van der Waals surface area contributed by atoms with Crippen LogP contribution in [0.25, 0.3) is 11.2 Å². The normalized spacial score (nSPS) is 16.2. The maximum absolute atomic E-state index is 13.3. The van der Waals surface area contributed by atoms with Crippen LogP contribution in [-0.2, 0) is 17.9 Å². The Morgan fingerprint density at radius 2 is 2.02 bits per heavy atom. The van der Waals surface area contributed by atoms with Gasteiger partial charge in [0.15, 0.2) is 5.65 Å². The van der Waals surface area contributed by atoms with Gasteiger partial charge in [0.2, 0.25) is 0 Å². The molecule has 43 heavy (non-hydrogen) atoms. The second kappa shape index (κ2) is 12.8. The summed E-state index contributed by atoms with van der Waals surface area (Å²) in [5.41, 5.74) is 8.32. The number of ether oxygens (including phenoxy) is 4. The zero-order valence-electron chi connectivity index (χ0n) is 23.5. The molecule has 1 aliphatic rings. The number of imidazole rings is 1. The van der Waals surface area contributed by atoms with E-state index in [1.165, 1.54) is 17.0 Å². The quantitative estimate of drug-likeness (QED) is 0.234. The van der Waals surface area contributed by atoms with Crippen LogP contribution in [0.2, 0.25) is 5.15 Å². The van der Waals surface area contributed by atoms with Crippen molar-refractivity contribution in [3.8, 4) is 17.4 Å². The van der Waals surface area contributed by atoms with Crippen molar-refractivity contribution in [1.29, 1.82) is 0 Å². The molecule has 1 amide bonds. The minimum atomic E-state index is -3.06. The number of carbonyl (C=O) groups excluding carboxylic acids is 1. The smallest absolute Gasteiger partial charge is 0.388 e. The Morgan fingerprint density at radius 1 is 1.21 bits per heavy atom. The van der Waals surface area contributed by atoms with Gasteiger partial charge in [0.05, 0.1) is 50.0 Å². The van der Waals surface area contributed by atoms with E-state index < -0.39 is 18.5 Å². The zero-order valence-corrected chi connectivity index (χ0v) is 24.2. The summed E-state index contributed by atoms with van der Waals surface area (Å²) >= 11 is 6.38. The number of carbonyl (C=O) groups is 1. The van der Waals surface area contributed by atoms with Crippen LogP contribution in [0.5, 0.6) is 17.4 Å². The van der Waals surface area contributed by atoms with E-state index in [0.717, 1.165) is 5.56 Å². The molecule has 228 valence electrons. The van der Waals surface area contributed by atoms with Crippen molar-refractivity contribution in [3.05, 3.63) is 53.1 Å². The summed E-state index contributed by atoms with van der Waals surface area (Å²) < 4.78 is 47.0. The SMILES string of the molecule is COc1ccc(CN(C)c2cc(Cl)nc3c2ncn3C(=O)N[C@@H]2CC[C@H]2OCc2cc(N)c(OC(F)F)nn2)c(OC)c1. The number of halogens is 3. The highest BCUT2D eigenvalue weighted by molar-refractivity contribution is 6.30. The van der Waals surface area contributed by atoms with Gasteiger partial charge < -0.3 is 34.9 Å². The van der Waals surface area contributed by atoms with Gasteiger partial charge >= 0.3 is 12.6 Å². The first-order valence-corrected chi connectivity index (χ1v) is 13.5. The Hall–Kier alpha value is -4.50.